The second kappa shape index (κ2) is 6.72. The van der Waals surface area contributed by atoms with Crippen LogP contribution in [0.3, 0.4) is 0 Å². The van der Waals surface area contributed by atoms with E-state index < -0.39 is 0 Å². The highest BCUT2D eigenvalue weighted by molar-refractivity contribution is 6.28. The molecule has 0 saturated heterocycles. The van der Waals surface area contributed by atoms with Gasteiger partial charge in [0.15, 0.2) is 0 Å². The largest absolute Gasteiger partial charge is 0.495 e. The van der Waals surface area contributed by atoms with Crippen LogP contribution in [0.1, 0.15) is 12.5 Å². The van der Waals surface area contributed by atoms with E-state index in [1.54, 1.807) is 18.2 Å². The van der Waals surface area contributed by atoms with Crippen LogP contribution < -0.4 is 15.4 Å². The molecular formula is C13H13ClN6O. The lowest BCUT2D eigenvalue weighted by molar-refractivity contribution is 0.416. The molecule has 0 aliphatic heterocycles. The number of rotatable bonds is 5. The molecule has 7 nitrogen and oxygen atoms in total. The predicted octanol–water partition coefficient (Wildman–Crippen LogP) is 2.58. The van der Waals surface area contributed by atoms with Crippen molar-refractivity contribution in [2.75, 3.05) is 24.3 Å². The molecule has 1 aromatic carbocycles. The maximum atomic E-state index is 9.17. The standard InChI is InChI=1S/C13H13ClN6O/c1-3-16-12-18-11(14)19-13(20-12)17-10-8(7-15)5-4-6-9(10)21-2/h4-6H,3H2,1-2H3,(H2,16,17,18,19,20). The van der Waals surface area contributed by atoms with Gasteiger partial charge >= 0.3 is 0 Å². The number of anilines is 3. The topological polar surface area (TPSA) is 95.8 Å². The zero-order valence-corrected chi connectivity index (χ0v) is 12.3. The number of para-hydroxylation sites is 1. The molecule has 0 saturated carbocycles. The van der Waals surface area contributed by atoms with Gasteiger partial charge in [0.2, 0.25) is 17.2 Å². The third-order valence-corrected chi connectivity index (χ3v) is 2.72. The number of nitriles is 1. The van der Waals surface area contributed by atoms with Crippen LogP contribution in [0.15, 0.2) is 18.2 Å². The summed E-state index contributed by atoms with van der Waals surface area (Å²) in [6, 6.07) is 7.21. The van der Waals surface area contributed by atoms with Crippen molar-refractivity contribution < 1.29 is 4.74 Å². The smallest absolute Gasteiger partial charge is 0.233 e. The lowest BCUT2D eigenvalue weighted by atomic mass is 10.2. The van der Waals surface area contributed by atoms with Crippen LogP contribution in [-0.2, 0) is 0 Å². The van der Waals surface area contributed by atoms with E-state index in [2.05, 4.69) is 31.7 Å². The highest BCUT2D eigenvalue weighted by Gasteiger charge is 2.12. The minimum absolute atomic E-state index is 0.0526. The maximum absolute atomic E-state index is 9.17. The second-order valence-corrected chi connectivity index (χ2v) is 4.24. The first-order chi connectivity index (χ1) is 10.2. The van der Waals surface area contributed by atoms with Crippen LogP contribution in [0.4, 0.5) is 17.6 Å². The first-order valence-electron chi connectivity index (χ1n) is 6.17. The molecule has 2 rings (SSSR count). The molecule has 108 valence electrons. The van der Waals surface area contributed by atoms with Gasteiger partial charge in [-0.25, -0.2) is 0 Å². The van der Waals surface area contributed by atoms with Crippen molar-refractivity contribution in [2.45, 2.75) is 6.92 Å². The third kappa shape index (κ3) is 3.49. The first-order valence-corrected chi connectivity index (χ1v) is 6.55. The summed E-state index contributed by atoms with van der Waals surface area (Å²) in [6.07, 6.45) is 0. The van der Waals surface area contributed by atoms with Crippen molar-refractivity contribution in [3.63, 3.8) is 0 Å². The zero-order valence-electron chi connectivity index (χ0n) is 11.5. The molecule has 0 atom stereocenters. The van der Waals surface area contributed by atoms with Crippen LogP contribution >= 0.6 is 11.6 Å². The fourth-order valence-electron chi connectivity index (χ4n) is 1.68. The van der Waals surface area contributed by atoms with E-state index in [0.717, 1.165) is 0 Å². The number of benzene rings is 1. The van der Waals surface area contributed by atoms with E-state index >= 15 is 0 Å². The second-order valence-electron chi connectivity index (χ2n) is 3.90. The maximum Gasteiger partial charge on any atom is 0.233 e. The minimum Gasteiger partial charge on any atom is -0.495 e. The summed E-state index contributed by atoms with van der Waals surface area (Å²) in [5, 5.41) is 15.1. The molecule has 2 N–H and O–H groups in total. The van der Waals surface area contributed by atoms with Gasteiger partial charge in [-0.15, -0.1) is 0 Å². The van der Waals surface area contributed by atoms with Crippen molar-refractivity contribution in [1.82, 2.24) is 15.0 Å². The summed E-state index contributed by atoms with van der Waals surface area (Å²) in [5.41, 5.74) is 0.892. The Morgan fingerprint density at radius 3 is 2.71 bits per heavy atom. The van der Waals surface area contributed by atoms with E-state index in [1.807, 2.05) is 6.92 Å². The quantitative estimate of drug-likeness (QED) is 0.876. The van der Waals surface area contributed by atoms with Gasteiger partial charge in [0.05, 0.1) is 12.7 Å². The van der Waals surface area contributed by atoms with E-state index in [4.69, 9.17) is 16.3 Å². The van der Waals surface area contributed by atoms with Crippen molar-refractivity contribution in [2.24, 2.45) is 0 Å². The molecule has 0 bridgehead atoms. The van der Waals surface area contributed by atoms with Crippen molar-refractivity contribution in [3.8, 4) is 11.8 Å². The van der Waals surface area contributed by atoms with E-state index in [9.17, 15) is 5.26 Å². The fraction of sp³-hybridized carbons (Fsp3) is 0.231. The zero-order chi connectivity index (χ0) is 15.2. The van der Waals surface area contributed by atoms with E-state index in [-0.39, 0.29) is 11.2 Å². The van der Waals surface area contributed by atoms with Gasteiger partial charge in [-0.3, -0.25) is 0 Å². The number of methoxy groups -OCH3 is 1. The molecule has 0 radical (unpaired) electrons. The van der Waals surface area contributed by atoms with Crippen molar-refractivity contribution >= 4 is 29.2 Å². The monoisotopic (exact) mass is 304 g/mol. The van der Waals surface area contributed by atoms with E-state index in [0.29, 0.717) is 29.5 Å². The van der Waals surface area contributed by atoms with E-state index in [1.165, 1.54) is 7.11 Å². The number of aromatic nitrogens is 3. The molecule has 0 aliphatic rings. The Morgan fingerprint density at radius 2 is 2.05 bits per heavy atom. The molecule has 0 spiro atoms. The summed E-state index contributed by atoms with van der Waals surface area (Å²) in [7, 11) is 1.52. The van der Waals surface area contributed by atoms with Crippen molar-refractivity contribution in [1.29, 1.82) is 5.26 Å². The molecular weight excluding hydrogens is 292 g/mol. The Bertz CT molecular complexity index is 685. The Hall–Kier alpha value is -2.59. The molecule has 8 heteroatoms. The summed E-state index contributed by atoms with van der Waals surface area (Å²) in [6.45, 7) is 2.57. The lowest BCUT2D eigenvalue weighted by Crippen LogP contribution is -2.07. The summed E-state index contributed by atoms with van der Waals surface area (Å²) in [4.78, 5) is 12.1. The van der Waals surface area contributed by atoms with Gasteiger partial charge in [0, 0.05) is 6.54 Å². The van der Waals surface area contributed by atoms with Gasteiger partial charge in [-0.1, -0.05) is 6.07 Å². The molecule has 1 heterocycles. The normalized spacial score (nSPS) is 9.81. The highest BCUT2D eigenvalue weighted by Crippen LogP contribution is 2.30. The number of nitrogens with zero attached hydrogens (tertiary/aromatic N) is 4. The molecule has 0 fully saturated rings. The van der Waals surface area contributed by atoms with Crippen LogP contribution in [0.25, 0.3) is 0 Å². The molecule has 0 unspecified atom stereocenters. The molecule has 0 amide bonds. The van der Waals surface area contributed by atoms with Gasteiger partial charge in [-0.05, 0) is 30.7 Å². The SMILES string of the molecule is CCNc1nc(Cl)nc(Nc2c(C#N)cccc2OC)n1. The first kappa shape index (κ1) is 14.8. The average molecular weight is 305 g/mol. The van der Waals surface area contributed by atoms with Crippen LogP contribution in [0, 0.1) is 11.3 Å². The lowest BCUT2D eigenvalue weighted by Gasteiger charge is -2.12. The fourth-order valence-corrected chi connectivity index (χ4v) is 1.84. The van der Waals surface area contributed by atoms with Gasteiger partial charge in [0.25, 0.3) is 0 Å². The number of nitrogens with one attached hydrogen (secondary N) is 2. The Labute approximate surface area is 127 Å². The highest BCUT2D eigenvalue weighted by atomic mass is 35.5. The van der Waals surface area contributed by atoms with Crippen LogP contribution in [-0.4, -0.2) is 28.6 Å². The predicted molar refractivity (Wildman–Crippen MR) is 80.0 cm³/mol. The Morgan fingerprint density at radius 1 is 1.29 bits per heavy atom. The molecule has 2 aromatic rings. The minimum atomic E-state index is 0.0526. The molecule has 1 aromatic heterocycles. The Kier molecular flexibility index (Phi) is 4.74. The number of halogens is 1. The van der Waals surface area contributed by atoms with Gasteiger partial charge in [-0.2, -0.15) is 20.2 Å². The number of ether oxygens (including phenoxy) is 1. The third-order valence-electron chi connectivity index (χ3n) is 2.55. The van der Waals surface area contributed by atoms with Gasteiger partial charge < -0.3 is 15.4 Å². The Balaban J connectivity index is 2.40. The summed E-state index contributed by atoms with van der Waals surface area (Å²) in [5.74, 6) is 1.09. The average Bonchev–Trinajstić information content (AvgIpc) is 2.47. The van der Waals surface area contributed by atoms with Crippen LogP contribution in [0.2, 0.25) is 5.28 Å². The summed E-state index contributed by atoms with van der Waals surface area (Å²) >= 11 is 5.86. The number of hydrogen-bond acceptors (Lipinski definition) is 7. The molecule has 21 heavy (non-hydrogen) atoms. The number of hydrogen-bond donors (Lipinski definition) is 2. The van der Waals surface area contributed by atoms with Gasteiger partial charge in [0.1, 0.15) is 17.5 Å². The molecule has 0 aliphatic carbocycles. The van der Waals surface area contributed by atoms with Crippen LogP contribution in [0.5, 0.6) is 5.75 Å². The summed E-state index contributed by atoms with van der Waals surface area (Å²) < 4.78 is 5.23. The van der Waals surface area contributed by atoms with Crippen molar-refractivity contribution in [3.05, 3.63) is 29.0 Å².